The zero-order valence-electron chi connectivity index (χ0n) is 10.7. The molecule has 100 valence electrons. The van der Waals surface area contributed by atoms with Crippen molar-refractivity contribution in [3.05, 3.63) is 24.3 Å². The molecule has 2 rings (SSSR count). The molecular weight excluding hydrogens is 231 g/mol. The van der Waals surface area contributed by atoms with Crippen LogP contribution in [-0.2, 0) is 0 Å². The van der Waals surface area contributed by atoms with Crippen molar-refractivity contribution < 1.29 is 4.39 Å². The number of nitrogens with zero attached hydrogens (tertiary/aromatic N) is 3. The maximum Gasteiger partial charge on any atom is 0.123 e. The third kappa shape index (κ3) is 2.72. The number of hydrogen-bond acceptors (Lipinski definition) is 4. The molecule has 1 aliphatic carbocycles. The molecule has 0 atom stereocenters. The molecule has 1 fully saturated rings. The highest BCUT2D eigenvalue weighted by atomic mass is 19.1. The van der Waals surface area contributed by atoms with E-state index in [1.807, 2.05) is 6.34 Å². The van der Waals surface area contributed by atoms with Crippen LogP contribution in [0.3, 0.4) is 0 Å². The van der Waals surface area contributed by atoms with Crippen LogP contribution in [0, 0.1) is 0 Å². The standard InChI is InChI=1S/C13H21FN4/c1-11-17(13-5-3-2-4-6-13)10-16-18(11)9-12(7-14)8-15/h7,10,13H,1-6,8-9,15H2/b12-7+. The Kier molecular flexibility index (Phi) is 4.36. The minimum atomic E-state index is 0.208. The summed E-state index contributed by atoms with van der Waals surface area (Å²) in [5.74, 6) is 0.828. The zero-order chi connectivity index (χ0) is 13.0. The second kappa shape index (κ2) is 6.00. The topological polar surface area (TPSA) is 44.9 Å². The lowest BCUT2D eigenvalue weighted by Gasteiger charge is -2.32. The molecular formula is C13H21FN4. The van der Waals surface area contributed by atoms with Gasteiger partial charge in [-0.15, -0.1) is 0 Å². The normalized spacial score (nSPS) is 22.1. The number of halogens is 1. The minimum Gasteiger partial charge on any atom is -0.327 e. The minimum absolute atomic E-state index is 0.208. The van der Waals surface area contributed by atoms with Crippen molar-refractivity contribution in [3.63, 3.8) is 0 Å². The summed E-state index contributed by atoms with van der Waals surface area (Å²) >= 11 is 0. The quantitative estimate of drug-likeness (QED) is 0.834. The second-order valence-electron chi connectivity index (χ2n) is 4.88. The summed E-state index contributed by atoms with van der Waals surface area (Å²) in [4.78, 5) is 2.12. The van der Waals surface area contributed by atoms with E-state index in [-0.39, 0.29) is 6.54 Å². The summed E-state index contributed by atoms with van der Waals surface area (Å²) < 4.78 is 12.5. The van der Waals surface area contributed by atoms with Crippen LogP contribution >= 0.6 is 0 Å². The molecule has 0 aromatic carbocycles. The first kappa shape index (κ1) is 13.1. The summed E-state index contributed by atoms with van der Waals surface area (Å²) in [7, 11) is 0. The summed E-state index contributed by atoms with van der Waals surface area (Å²) in [6.07, 6.45) is 8.58. The van der Waals surface area contributed by atoms with Crippen molar-refractivity contribution in [2.24, 2.45) is 10.8 Å². The largest absolute Gasteiger partial charge is 0.327 e. The molecule has 0 unspecified atom stereocenters. The maximum atomic E-state index is 12.5. The Labute approximate surface area is 108 Å². The third-order valence-corrected chi connectivity index (χ3v) is 3.65. The fourth-order valence-electron chi connectivity index (χ4n) is 2.52. The molecule has 0 spiro atoms. The van der Waals surface area contributed by atoms with Crippen LogP contribution in [0.5, 0.6) is 0 Å². The fraction of sp³-hybridized carbons (Fsp3) is 0.615. The van der Waals surface area contributed by atoms with Crippen LogP contribution in [0.25, 0.3) is 0 Å². The van der Waals surface area contributed by atoms with E-state index >= 15 is 0 Å². The van der Waals surface area contributed by atoms with Gasteiger partial charge in [0.05, 0.1) is 12.9 Å². The van der Waals surface area contributed by atoms with E-state index in [4.69, 9.17) is 5.73 Å². The van der Waals surface area contributed by atoms with Crippen LogP contribution < -0.4 is 5.73 Å². The third-order valence-electron chi connectivity index (χ3n) is 3.65. The van der Waals surface area contributed by atoms with Crippen molar-refractivity contribution in [2.45, 2.75) is 38.1 Å². The van der Waals surface area contributed by atoms with Crippen molar-refractivity contribution in [3.8, 4) is 0 Å². The van der Waals surface area contributed by atoms with Crippen molar-refractivity contribution >= 4 is 6.34 Å². The molecule has 0 aromatic rings. The number of rotatable bonds is 4. The van der Waals surface area contributed by atoms with Gasteiger partial charge in [-0.2, -0.15) is 5.10 Å². The molecule has 0 amide bonds. The van der Waals surface area contributed by atoms with Crippen LogP contribution in [0.2, 0.25) is 0 Å². The lowest BCUT2D eigenvalue weighted by molar-refractivity contribution is 0.248. The fourth-order valence-corrected chi connectivity index (χ4v) is 2.52. The first-order valence-corrected chi connectivity index (χ1v) is 6.53. The Morgan fingerprint density at radius 3 is 2.83 bits per heavy atom. The Morgan fingerprint density at radius 1 is 1.50 bits per heavy atom. The molecule has 0 saturated heterocycles. The van der Waals surface area contributed by atoms with E-state index in [1.165, 1.54) is 32.1 Å². The van der Waals surface area contributed by atoms with Crippen molar-refractivity contribution in [1.29, 1.82) is 0 Å². The van der Waals surface area contributed by atoms with Crippen LogP contribution in [-0.4, -0.2) is 35.4 Å². The maximum absolute atomic E-state index is 12.5. The van der Waals surface area contributed by atoms with Gasteiger partial charge in [0.15, 0.2) is 0 Å². The van der Waals surface area contributed by atoms with E-state index in [9.17, 15) is 4.39 Å². The van der Waals surface area contributed by atoms with E-state index in [0.717, 1.165) is 5.82 Å². The van der Waals surface area contributed by atoms with Gasteiger partial charge in [-0.25, -0.2) is 9.40 Å². The lowest BCUT2D eigenvalue weighted by Crippen LogP contribution is -2.35. The van der Waals surface area contributed by atoms with Gasteiger partial charge < -0.3 is 10.6 Å². The lowest BCUT2D eigenvalue weighted by atomic mass is 9.94. The van der Waals surface area contributed by atoms with E-state index in [2.05, 4.69) is 16.6 Å². The smallest absolute Gasteiger partial charge is 0.123 e. The van der Waals surface area contributed by atoms with Gasteiger partial charge in [-0.1, -0.05) is 25.8 Å². The van der Waals surface area contributed by atoms with Gasteiger partial charge in [-0.05, 0) is 18.4 Å². The van der Waals surface area contributed by atoms with Crippen molar-refractivity contribution in [1.82, 2.24) is 9.91 Å². The second-order valence-corrected chi connectivity index (χ2v) is 4.88. The van der Waals surface area contributed by atoms with Gasteiger partial charge in [0.1, 0.15) is 12.2 Å². The first-order chi connectivity index (χ1) is 8.76. The number of hydrazone groups is 1. The predicted molar refractivity (Wildman–Crippen MR) is 71.3 cm³/mol. The number of hydrogen-bond donors (Lipinski definition) is 1. The Morgan fingerprint density at radius 2 is 2.22 bits per heavy atom. The molecule has 18 heavy (non-hydrogen) atoms. The molecule has 2 aliphatic rings. The summed E-state index contributed by atoms with van der Waals surface area (Å²) in [6.45, 7) is 4.64. The van der Waals surface area contributed by atoms with Gasteiger partial charge in [-0.3, -0.25) is 0 Å². The highest BCUT2D eigenvalue weighted by Gasteiger charge is 2.27. The van der Waals surface area contributed by atoms with Gasteiger partial charge in [0, 0.05) is 12.6 Å². The molecule has 2 N–H and O–H groups in total. The SMILES string of the molecule is C=C1N(C/C(=C/F)CN)N=CN1C1CCCCC1. The van der Waals surface area contributed by atoms with Crippen LogP contribution in [0.15, 0.2) is 29.4 Å². The molecule has 1 heterocycles. The number of nitrogens with two attached hydrogens (primary N) is 1. The average molecular weight is 252 g/mol. The van der Waals surface area contributed by atoms with E-state index < -0.39 is 0 Å². The Balaban J connectivity index is 1.94. The average Bonchev–Trinajstić information content (AvgIpc) is 2.78. The zero-order valence-corrected chi connectivity index (χ0v) is 10.7. The van der Waals surface area contributed by atoms with E-state index in [1.54, 1.807) is 5.01 Å². The predicted octanol–water partition coefficient (Wildman–Crippen LogP) is 2.16. The molecule has 1 aliphatic heterocycles. The summed E-state index contributed by atoms with van der Waals surface area (Å²) in [5.41, 5.74) is 5.98. The van der Waals surface area contributed by atoms with Crippen molar-refractivity contribution in [2.75, 3.05) is 13.1 Å². The molecule has 5 heteroatoms. The van der Waals surface area contributed by atoms with Crippen LogP contribution in [0.4, 0.5) is 4.39 Å². The summed E-state index contributed by atoms with van der Waals surface area (Å²) in [6, 6.07) is 0.496. The Bertz CT molecular complexity index is 358. The highest BCUT2D eigenvalue weighted by Crippen LogP contribution is 2.27. The van der Waals surface area contributed by atoms with Gasteiger partial charge >= 0.3 is 0 Å². The molecule has 0 bridgehead atoms. The first-order valence-electron chi connectivity index (χ1n) is 6.53. The molecule has 0 radical (unpaired) electrons. The monoisotopic (exact) mass is 252 g/mol. The molecule has 4 nitrogen and oxygen atoms in total. The molecule has 1 saturated carbocycles. The highest BCUT2D eigenvalue weighted by molar-refractivity contribution is 5.61. The van der Waals surface area contributed by atoms with Gasteiger partial charge in [0.25, 0.3) is 0 Å². The molecule has 0 aromatic heterocycles. The van der Waals surface area contributed by atoms with Gasteiger partial charge in [0.2, 0.25) is 0 Å². The Hall–Kier alpha value is -1.36. The summed E-state index contributed by atoms with van der Waals surface area (Å²) in [5, 5.41) is 6.00. The van der Waals surface area contributed by atoms with E-state index in [0.29, 0.717) is 24.5 Å². The van der Waals surface area contributed by atoms with Crippen LogP contribution in [0.1, 0.15) is 32.1 Å².